The van der Waals surface area contributed by atoms with E-state index < -0.39 is 5.69 Å². The summed E-state index contributed by atoms with van der Waals surface area (Å²) in [6.07, 6.45) is 4.87. The summed E-state index contributed by atoms with van der Waals surface area (Å²) in [5.41, 5.74) is 1.12. The predicted molar refractivity (Wildman–Crippen MR) is 109 cm³/mol. The standard InChI is InChI=1S/C22H23N3O3/c26-20(23-17-8-4-5-9-17)16-10-11-18-19(14-16)24-22(28)25(21(18)27)13-12-15-6-2-1-3-7-15/h1-3,6-7,10-11,14,17H,4-5,8-9,12-13H2,(H,23,26)(H,24,28). The molecule has 6 heteroatoms. The number of benzene rings is 2. The van der Waals surface area contributed by atoms with Gasteiger partial charge < -0.3 is 10.3 Å². The molecule has 1 saturated carbocycles. The molecule has 1 heterocycles. The summed E-state index contributed by atoms with van der Waals surface area (Å²) >= 11 is 0. The van der Waals surface area contributed by atoms with Crippen LogP contribution in [0.15, 0.2) is 58.1 Å². The molecule has 1 aliphatic rings. The number of H-pyrrole nitrogens is 1. The normalized spacial score (nSPS) is 14.4. The lowest BCUT2D eigenvalue weighted by atomic mass is 10.1. The molecule has 1 aromatic heterocycles. The van der Waals surface area contributed by atoms with Gasteiger partial charge in [-0.2, -0.15) is 0 Å². The number of fused-ring (bicyclic) bond motifs is 1. The molecule has 1 amide bonds. The van der Waals surface area contributed by atoms with E-state index in [1.807, 2.05) is 30.3 Å². The first-order chi connectivity index (χ1) is 13.6. The molecule has 0 bridgehead atoms. The largest absolute Gasteiger partial charge is 0.349 e. The molecular formula is C22H23N3O3. The fourth-order valence-corrected chi connectivity index (χ4v) is 3.82. The highest BCUT2D eigenvalue weighted by Gasteiger charge is 2.18. The molecule has 0 aliphatic heterocycles. The van der Waals surface area contributed by atoms with Gasteiger partial charge in [0.15, 0.2) is 0 Å². The first kappa shape index (κ1) is 18.2. The van der Waals surface area contributed by atoms with E-state index in [0.29, 0.717) is 29.4 Å². The van der Waals surface area contributed by atoms with Gasteiger partial charge in [-0.1, -0.05) is 43.2 Å². The highest BCUT2D eigenvalue weighted by molar-refractivity contribution is 5.97. The van der Waals surface area contributed by atoms with Crippen LogP contribution >= 0.6 is 0 Å². The number of hydrogen-bond acceptors (Lipinski definition) is 3. The Hall–Kier alpha value is -3.15. The number of carbonyl (C=O) groups excluding carboxylic acids is 1. The van der Waals surface area contributed by atoms with Crippen molar-refractivity contribution in [3.05, 3.63) is 80.5 Å². The van der Waals surface area contributed by atoms with E-state index in [2.05, 4.69) is 10.3 Å². The minimum Gasteiger partial charge on any atom is -0.349 e. The second kappa shape index (κ2) is 7.84. The summed E-state index contributed by atoms with van der Waals surface area (Å²) in [5, 5.41) is 3.43. The molecule has 3 aromatic rings. The molecule has 144 valence electrons. The third kappa shape index (κ3) is 3.76. The zero-order chi connectivity index (χ0) is 19.5. The highest BCUT2D eigenvalue weighted by atomic mass is 16.2. The van der Waals surface area contributed by atoms with E-state index >= 15 is 0 Å². The van der Waals surface area contributed by atoms with Gasteiger partial charge >= 0.3 is 5.69 Å². The molecular weight excluding hydrogens is 354 g/mol. The maximum atomic E-state index is 12.8. The molecule has 0 atom stereocenters. The lowest BCUT2D eigenvalue weighted by Crippen LogP contribution is -2.36. The van der Waals surface area contributed by atoms with Crippen molar-refractivity contribution < 1.29 is 4.79 Å². The number of aryl methyl sites for hydroxylation is 1. The number of nitrogens with one attached hydrogen (secondary N) is 2. The van der Waals surface area contributed by atoms with Gasteiger partial charge in [-0.15, -0.1) is 0 Å². The molecule has 0 unspecified atom stereocenters. The first-order valence-corrected chi connectivity index (χ1v) is 9.73. The summed E-state index contributed by atoms with van der Waals surface area (Å²) in [6.45, 7) is 0.304. The number of amides is 1. The molecule has 6 nitrogen and oxygen atoms in total. The van der Waals surface area contributed by atoms with Crippen molar-refractivity contribution in [3.63, 3.8) is 0 Å². The second-order valence-corrected chi connectivity index (χ2v) is 7.34. The SMILES string of the molecule is O=C(NC1CCCC1)c1ccc2c(=O)n(CCc3ccccc3)c(=O)[nH]c2c1. The molecule has 4 rings (SSSR count). The van der Waals surface area contributed by atoms with Crippen LogP contribution in [-0.4, -0.2) is 21.5 Å². The van der Waals surface area contributed by atoms with Crippen LogP contribution in [0.2, 0.25) is 0 Å². The van der Waals surface area contributed by atoms with Gasteiger partial charge in [-0.05, 0) is 43.0 Å². The van der Waals surface area contributed by atoms with Crippen molar-refractivity contribution in [1.29, 1.82) is 0 Å². The Morgan fingerprint density at radius 1 is 1.07 bits per heavy atom. The fraction of sp³-hybridized carbons (Fsp3) is 0.318. The van der Waals surface area contributed by atoms with E-state index in [0.717, 1.165) is 31.2 Å². The van der Waals surface area contributed by atoms with Crippen molar-refractivity contribution in [2.24, 2.45) is 0 Å². The molecule has 1 fully saturated rings. The van der Waals surface area contributed by atoms with Crippen LogP contribution in [0.25, 0.3) is 10.9 Å². The molecule has 2 aromatic carbocycles. The smallest absolute Gasteiger partial charge is 0.328 e. The van der Waals surface area contributed by atoms with Crippen LogP contribution in [0.5, 0.6) is 0 Å². The van der Waals surface area contributed by atoms with Gasteiger partial charge in [0.25, 0.3) is 11.5 Å². The Kier molecular flexibility index (Phi) is 5.10. The van der Waals surface area contributed by atoms with E-state index in [1.54, 1.807) is 18.2 Å². The Morgan fingerprint density at radius 3 is 2.57 bits per heavy atom. The zero-order valence-electron chi connectivity index (χ0n) is 15.6. The molecule has 28 heavy (non-hydrogen) atoms. The first-order valence-electron chi connectivity index (χ1n) is 9.73. The van der Waals surface area contributed by atoms with Crippen LogP contribution in [0, 0.1) is 0 Å². The van der Waals surface area contributed by atoms with Crippen LogP contribution in [-0.2, 0) is 13.0 Å². The third-order valence-electron chi connectivity index (χ3n) is 5.40. The van der Waals surface area contributed by atoms with Crippen LogP contribution in [0.3, 0.4) is 0 Å². The lowest BCUT2D eigenvalue weighted by molar-refractivity contribution is 0.0938. The number of aromatic amines is 1. The highest BCUT2D eigenvalue weighted by Crippen LogP contribution is 2.18. The van der Waals surface area contributed by atoms with Crippen LogP contribution < -0.4 is 16.6 Å². The van der Waals surface area contributed by atoms with Gasteiger partial charge in [0, 0.05) is 18.2 Å². The van der Waals surface area contributed by atoms with Gasteiger partial charge in [-0.25, -0.2) is 4.79 Å². The maximum Gasteiger partial charge on any atom is 0.328 e. The van der Waals surface area contributed by atoms with E-state index in [1.165, 1.54) is 4.57 Å². The van der Waals surface area contributed by atoms with Crippen LogP contribution in [0.4, 0.5) is 0 Å². The molecule has 0 saturated heterocycles. The zero-order valence-corrected chi connectivity index (χ0v) is 15.6. The van der Waals surface area contributed by atoms with Crippen molar-refractivity contribution >= 4 is 16.8 Å². The molecule has 0 radical (unpaired) electrons. The summed E-state index contributed by atoms with van der Waals surface area (Å²) in [5.74, 6) is -0.164. The number of carbonyl (C=O) groups is 1. The number of aromatic nitrogens is 2. The number of rotatable bonds is 5. The third-order valence-corrected chi connectivity index (χ3v) is 5.40. The lowest BCUT2D eigenvalue weighted by Gasteiger charge is -2.12. The molecule has 1 aliphatic carbocycles. The topological polar surface area (TPSA) is 84.0 Å². The fourth-order valence-electron chi connectivity index (χ4n) is 3.82. The summed E-state index contributed by atoms with van der Waals surface area (Å²) < 4.78 is 1.22. The Bertz CT molecular complexity index is 1110. The monoisotopic (exact) mass is 377 g/mol. The molecule has 0 spiro atoms. The Morgan fingerprint density at radius 2 is 1.82 bits per heavy atom. The van der Waals surface area contributed by atoms with Gasteiger partial charge in [0.2, 0.25) is 0 Å². The van der Waals surface area contributed by atoms with Crippen molar-refractivity contribution in [2.45, 2.75) is 44.7 Å². The van der Waals surface area contributed by atoms with E-state index in [4.69, 9.17) is 0 Å². The van der Waals surface area contributed by atoms with Crippen molar-refractivity contribution in [3.8, 4) is 0 Å². The van der Waals surface area contributed by atoms with Crippen LogP contribution in [0.1, 0.15) is 41.6 Å². The predicted octanol–water partition coefficient (Wildman–Crippen LogP) is 2.60. The van der Waals surface area contributed by atoms with Gasteiger partial charge in [0.05, 0.1) is 10.9 Å². The van der Waals surface area contributed by atoms with Gasteiger partial charge in [0.1, 0.15) is 0 Å². The van der Waals surface area contributed by atoms with Gasteiger partial charge in [-0.3, -0.25) is 14.2 Å². The Labute approximate surface area is 162 Å². The molecule has 2 N–H and O–H groups in total. The minimum absolute atomic E-state index is 0.164. The second-order valence-electron chi connectivity index (χ2n) is 7.34. The van der Waals surface area contributed by atoms with Crippen molar-refractivity contribution in [2.75, 3.05) is 0 Å². The summed E-state index contributed by atoms with van der Waals surface area (Å²) in [7, 11) is 0. The number of nitrogens with zero attached hydrogens (tertiary/aromatic N) is 1. The maximum absolute atomic E-state index is 12.8. The average Bonchev–Trinajstić information content (AvgIpc) is 3.21. The average molecular weight is 377 g/mol. The Balaban J connectivity index is 1.59. The summed E-state index contributed by atoms with van der Waals surface area (Å²) in [4.78, 5) is 40.4. The number of hydrogen-bond donors (Lipinski definition) is 2. The summed E-state index contributed by atoms with van der Waals surface area (Å²) in [6, 6.07) is 14.8. The van der Waals surface area contributed by atoms with Crippen molar-refractivity contribution in [1.82, 2.24) is 14.9 Å². The minimum atomic E-state index is -0.457. The quantitative estimate of drug-likeness (QED) is 0.717. The van der Waals surface area contributed by atoms with E-state index in [9.17, 15) is 14.4 Å². The van der Waals surface area contributed by atoms with E-state index in [-0.39, 0.29) is 17.5 Å².